The standard InChI is InChI=1S/C24H22ClN3O3S/c1-3-31-18-9-7-16(8-10-18)14-21(29)28(15-17-6-4-5-13-26-17)24-27-22-20(30-2)12-11-19(25)23(22)32-24/h4-13H,3,14-15H2,1-2H3. The lowest BCUT2D eigenvalue weighted by atomic mass is 10.1. The largest absolute Gasteiger partial charge is 0.494 e. The van der Waals surface area contributed by atoms with Gasteiger partial charge >= 0.3 is 0 Å². The number of methoxy groups -OCH3 is 1. The molecule has 0 saturated carbocycles. The van der Waals surface area contributed by atoms with Crippen molar-refractivity contribution in [2.45, 2.75) is 19.9 Å². The Balaban J connectivity index is 1.68. The normalized spacial score (nSPS) is 10.8. The summed E-state index contributed by atoms with van der Waals surface area (Å²) in [4.78, 5) is 24.2. The third-order valence-corrected chi connectivity index (χ3v) is 6.37. The van der Waals surface area contributed by atoms with Gasteiger partial charge in [-0.1, -0.05) is 41.1 Å². The van der Waals surface area contributed by atoms with E-state index in [9.17, 15) is 4.79 Å². The summed E-state index contributed by atoms with van der Waals surface area (Å²) in [5.74, 6) is 1.31. The molecule has 4 rings (SSSR count). The Labute approximate surface area is 195 Å². The molecule has 2 aromatic heterocycles. The Bertz CT molecular complexity index is 1210. The number of hydrogen-bond donors (Lipinski definition) is 0. The fourth-order valence-electron chi connectivity index (χ4n) is 3.28. The number of aromatic nitrogens is 2. The van der Waals surface area contributed by atoms with E-state index in [1.165, 1.54) is 11.3 Å². The first-order valence-corrected chi connectivity index (χ1v) is 11.3. The molecular weight excluding hydrogens is 446 g/mol. The highest BCUT2D eigenvalue weighted by atomic mass is 35.5. The number of carbonyl (C=O) groups excluding carboxylic acids is 1. The molecule has 6 nitrogen and oxygen atoms in total. The van der Waals surface area contributed by atoms with E-state index in [0.29, 0.717) is 34.6 Å². The summed E-state index contributed by atoms with van der Waals surface area (Å²) in [5.41, 5.74) is 2.30. The Morgan fingerprint density at radius 2 is 1.94 bits per heavy atom. The fraction of sp³-hybridized carbons (Fsp3) is 0.208. The number of anilines is 1. The lowest BCUT2D eigenvalue weighted by molar-refractivity contribution is -0.118. The third-order valence-electron chi connectivity index (χ3n) is 4.84. The quantitative estimate of drug-likeness (QED) is 0.341. The zero-order chi connectivity index (χ0) is 22.5. The molecule has 1 amide bonds. The zero-order valence-corrected chi connectivity index (χ0v) is 19.3. The van der Waals surface area contributed by atoms with Gasteiger partial charge < -0.3 is 9.47 Å². The molecule has 164 valence electrons. The lowest BCUT2D eigenvalue weighted by Gasteiger charge is -2.19. The maximum Gasteiger partial charge on any atom is 0.233 e. The minimum absolute atomic E-state index is 0.0889. The lowest BCUT2D eigenvalue weighted by Crippen LogP contribution is -2.32. The molecule has 0 spiro atoms. The predicted octanol–water partition coefficient (Wildman–Crippen LogP) is 5.53. The highest BCUT2D eigenvalue weighted by Gasteiger charge is 2.23. The van der Waals surface area contributed by atoms with Crippen LogP contribution in [-0.4, -0.2) is 29.6 Å². The molecule has 2 heterocycles. The average Bonchev–Trinajstić information content (AvgIpc) is 3.26. The van der Waals surface area contributed by atoms with Crippen LogP contribution in [0.3, 0.4) is 0 Å². The topological polar surface area (TPSA) is 64.5 Å². The fourth-order valence-corrected chi connectivity index (χ4v) is 4.55. The van der Waals surface area contributed by atoms with Crippen LogP contribution in [0.2, 0.25) is 5.02 Å². The van der Waals surface area contributed by atoms with Crippen LogP contribution in [0.25, 0.3) is 10.2 Å². The van der Waals surface area contributed by atoms with Crippen molar-refractivity contribution in [2.75, 3.05) is 18.6 Å². The van der Waals surface area contributed by atoms with Crippen LogP contribution in [0, 0.1) is 0 Å². The van der Waals surface area contributed by atoms with E-state index < -0.39 is 0 Å². The Kier molecular flexibility index (Phi) is 6.87. The Morgan fingerprint density at radius 1 is 1.12 bits per heavy atom. The summed E-state index contributed by atoms with van der Waals surface area (Å²) in [7, 11) is 1.59. The number of carbonyl (C=O) groups is 1. The van der Waals surface area contributed by atoms with Crippen LogP contribution in [-0.2, 0) is 17.8 Å². The molecule has 0 N–H and O–H groups in total. The number of halogens is 1. The number of hydrogen-bond acceptors (Lipinski definition) is 6. The van der Waals surface area contributed by atoms with Crippen molar-refractivity contribution in [3.05, 3.63) is 77.1 Å². The molecule has 0 unspecified atom stereocenters. The molecule has 0 aliphatic carbocycles. The van der Waals surface area contributed by atoms with Gasteiger partial charge in [-0.15, -0.1) is 0 Å². The number of pyridine rings is 1. The summed E-state index contributed by atoms with van der Waals surface area (Å²) in [6.07, 6.45) is 1.93. The molecule has 8 heteroatoms. The van der Waals surface area contributed by atoms with Crippen LogP contribution in [0.1, 0.15) is 18.2 Å². The van der Waals surface area contributed by atoms with Gasteiger partial charge in [-0.25, -0.2) is 4.98 Å². The van der Waals surface area contributed by atoms with Crippen molar-refractivity contribution < 1.29 is 14.3 Å². The molecule has 0 aliphatic rings. The van der Waals surface area contributed by atoms with Gasteiger partial charge in [0.1, 0.15) is 17.0 Å². The maximum absolute atomic E-state index is 13.4. The SMILES string of the molecule is CCOc1ccc(CC(=O)N(Cc2ccccn2)c2nc3c(OC)ccc(Cl)c3s2)cc1. The number of thiazole rings is 1. The molecule has 0 saturated heterocycles. The second kappa shape index (κ2) is 9.97. The van der Waals surface area contributed by atoms with Gasteiger partial charge in [-0.2, -0.15) is 0 Å². The molecule has 0 radical (unpaired) electrons. The maximum atomic E-state index is 13.4. The van der Waals surface area contributed by atoms with Crippen molar-refractivity contribution in [1.29, 1.82) is 0 Å². The number of ether oxygens (including phenoxy) is 2. The number of rotatable bonds is 8. The number of amides is 1. The van der Waals surface area contributed by atoms with Gasteiger partial charge in [-0.05, 0) is 48.9 Å². The van der Waals surface area contributed by atoms with Crippen molar-refractivity contribution in [3.63, 3.8) is 0 Å². The van der Waals surface area contributed by atoms with Gasteiger partial charge in [0.05, 0.1) is 42.1 Å². The summed E-state index contributed by atoms with van der Waals surface area (Å²) in [6.45, 7) is 2.84. The zero-order valence-electron chi connectivity index (χ0n) is 17.7. The molecule has 0 atom stereocenters. The van der Waals surface area contributed by atoms with Crippen LogP contribution < -0.4 is 14.4 Å². The average molecular weight is 468 g/mol. The molecular formula is C24H22ClN3O3S. The first-order chi connectivity index (χ1) is 15.6. The highest BCUT2D eigenvalue weighted by Crippen LogP contribution is 2.39. The van der Waals surface area contributed by atoms with E-state index in [-0.39, 0.29) is 12.3 Å². The molecule has 2 aromatic carbocycles. The minimum Gasteiger partial charge on any atom is -0.494 e. The molecule has 0 aliphatic heterocycles. The third kappa shape index (κ3) is 4.84. The molecule has 0 bridgehead atoms. The Morgan fingerprint density at radius 3 is 2.62 bits per heavy atom. The summed E-state index contributed by atoms with van der Waals surface area (Å²) < 4.78 is 11.7. The van der Waals surface area contributed by atoms with Gasteiger partial charge in [-0.3, -0.25) is 14.7 Å². The van der Waals surface area contributed by atoms with Gasteiger partial charge in [0, 0.05) is 6.20 Å². The van der Waals surface area contributed by atoms with E-state index >= 15 is 0 Å². The second-order valence-electron chi connectivity index (χ2n) is 6.98. The van der Waals surface area contributed by atoms with Crippen LogP contribution >= 0.6 is 22.9 Å². The van der Waals surface area contributed by atoms with E-state index in [1.54, 1.807) is 30.3 Å². The smallest absolute Gasteiger partial charge is 0.233 e. The first kappa shape index (κ1) is 22.0. The van der Waals surface area contributed by atoms with E-state index in [4.69, 9.17) is 26.1 Å². The molecule has 32 heavy (non-hydrogen) atoms. The van der Waals surface area contributed by atoms with E-state index in [1.807, 2.05) is 49.4 Å². The number of benzene rings is 2. The first-order valence-electron chi connectivity index (χ1n) is 10.1. The van der Waals surface area contributed by atoms with Crippen LogP contribution in [0.4, 0.5) is 5.13 Å². The monoisotopic (exact) mass is 467 g/mol. The van der Waals surface area contributed by atoms with Crippen LogP contribution in [0.15, 0.2) is 60.8 Å². The highest BCUT2D eigenvalue weighted by molar-refractivity contribution is 7.23. The second-order valence-corrected chi connectivity index (χ2v) is 8.36. The molecule has 4 aromatic rings. The summed E-state index contributed by atoms with van der Waals surface area (Å²) in [6, 6.07) is 16.7. The Hall–Kier alpha value is -3.16. The van der Waals surface area contributed by atoms with Crippen molar-refractivity contribution in [2.24, 2.45) is 0 Å². The molecule has 0 fully saturated rings. The summed E-state index contributed by atoms with van der Waals surface area (Å²) in [5, 5.41) is 1.12. The van der Waals surface area contributed by atoms with Gasteiger partial charge in [0.15, 0.2) is 5.13 Å². The van der Waals surface area contributed by atoms with Crippen molar-refractivity contribution >= 4 is 44.2 Å². The van der Waals surface area contributed by atoms with Crippen molar-refractivity contribution in [1.82, 2.24) is 9.97 Å². The van der Waals surface area contributed by atoms with Gasteiger partial charge in [0.25, 0.3) is 0 Å². The predicted molar refractivity (Wildman–Crippen MR) is 128 cm³/mol. The minimum atomic E-state index is -0.0889. The van der Waals surface area contributed by atoms with E-state index in [2.05, 4.69) is 4.98 Å². The van der Waals surface area contributed by atoms with Gasteiger partial charge in [0.2, 0.25) is 5.91 Å². The summed E-state index contributed by atoms with van der Waals surface area (Å²) >= 11 is 7.76. The van der Waals surface area contributed by atoms with Crippen LogP contribution in [0.5, 0.6) is 11.5 Å². The van der Waals surface area contributed by atoms with E-state index in [0.717, 1.165) is 21.7 Å². The number of nitrogens with zero attached hydrogens (tertiary/aromatic N) is 3. The number of fused-ring (bicyclic) bond motifs is 1. The van der Waals surface area contributed by atoms with Crippen molar-refractivity contribution in [3.8, 4) is 11.5 Å².